The molecule has 0 radical (unpaired) electrons. The van der Waals surface area contributed by atoms with E-state index in [-0.39, 0.29) is 37.1 Å². The van der Waals surface area contributed by atoms with Gasteiger partial charge in [-0.1, -0.05) is 17.7 Å². The predicted molar refractivity (Wildman–Crippen MR) is 115 cm³/mol. The van der Waals surface area contributed by atoms with Gasteiger partial charge < -0.3 is 5.32 Å². The van der Waals surface area contributed by atoms with E-state index in [4.69, 9.17) is 0 Å². The lowest BCUT2D eigenvalue weighted by Crippen LogP contribution is -2.50. The molecule has 1 aliphatic heterocycles. The third-order valence-electron chi connectivity index (χ3n) is 5.55. The van der Waals surface area contributed by atoms with E-state index in [1.165, 1.54) is 16.4 Å². The van der Waals surface area contributed by atoms with Crippen molar-refractivity contribution in [2.24, 2.45) is 0 Å². The lowest BCUT2D eigenvalue weighted by molar-refractivity contribution is -0.143. The normalized spacial score (nSPS) is 16.3. The molecule has 1 amide bonds. The Labute approximate surface area is 198 Å². The minimum atomic E-state index is -5.05. The molecule has 0 atom stereocenters. The first-order chi connectivity index (χ1) is 16.2. The third-order valence-corrected chi connectivity index (χ3v) is 7.47. The van der Waals surface area contributed by atoms with Crippen LogP contribution in [0.2, 0.25) is 0 Å². The lowest BCUT2D eigenvalue weighted by atomic mass is 10.0. The molecule has 0 aliphatic carbocycles. The van der Waals surface area contributed by atoms with Crippen LogP contribution in [0.15, 0.2) is 47.4 Å². The zero-order valence-electron chi connectivity index (χ0n) is 18.6. The van der Waals surface area contributed by atoms with E-state index >= 15 is 0 Å². The van der Waals surface area contributed by atoms with Crippen molar-refractivity contribution in [2.45, 2.75) is 24.2 Å². The highest BCUT2D eigenvalue weighted by Gasteiger charge is 2.37. The van der Waals surface area contributed by atoms with Crippen LogP contribution in [0.4, 0.5) is 26.3 Å². The van der Waals surface area contributed by atoms with Gasteiger partial charge in [-0.05, 0) is 37.3 Å². The zero-order chi connectivity index (χ0) is 26.0. The number of nitrogens with zero attached hydrogens (tertiary/aromatic N) is 2. The van der Waals surface area contributed by atoms with E-state index in [9.17, 15) is 39.6 Å². The summed E-state index contributed by atoms with van der Waals surface area (Å²) in [5.41, 5.74) is -2.96. The molecule has 13 heteroatoms. The van der Waals surface area contributed by atoms with Gasteiger partial charge in [-0.25, -0.2) is 8.42 Å². The Balaban J connectivity index is 1.56. The van der Waals surface area contributed by atoms with Crippen molar-refractivity contribution in [3.63, 3.8) is 0 Å². The first kappa shape index (κ1) is 27.0. The third kappa shape index (κ3) is 6.73. The summed E-state index contributed by atoms with van der Waals surface area (Å²) in [7, 11) is -3.65. The Morgan fingerprint density at radius 1 is 0.886 bits per heavy atom. The van der Waals surface area contributed by atoms with Crippen LogP contribution in [0, 0.1) is 6.92 Å². The highest BCUT2D eigenvalue weighted by Crippen LogP contribution is 2.36. The molecule has 3 rings (SSSR count). The molecule has 1 fully saturated rings. The second-order valence-corrected chi connectivity index (χ2v) is 10.0. The van der Waals surface area contributed by atoms with Crippen LogP contribution in [0.25, 0.3) is 0 Å². The summed E-state index contributed by atoms with van der Waals surface area (Å²) >= 11 is 0. The van der Waals surface area contributed by atoms with Crippen molar-refractivity contribution in [3.8, 4) is 0 Å². The monoisotopic (exact) mass is 523 g/mol. The molecule has 2 aromatic rings. The average molecular weight is 523 g/mol. The van der Waals surface area contributed by atoms with E-state index in [0.717, 1.165) is 5.56 Å². The highest BCUT2D eigenvalue weighted by molar-refractivity contribution is 7.89. The molecule has 1 aliphatic rings. The molecule has 0 unspecified atom stereocenters. The standard InChI is InChI=1S/C22H23F6N3O3S/c1-15-2-4-19(5-3-15)35(33,34)31-10-8-30(9-11-31)7-6-29-20(32)16-12-17(21(23,24)25)14-18(13-16)22(26,27)28/h2-5,12-14H,6-11H2,1H3,(H,29,32). The molecule has 0 bridgehead atoms. The second-order valence-electron chi connectivity index (χ2n) is 8.11. The number of amides is 1. The SMILES string of the molecule is Cc1ccc(S(=O)(=O)N2CCN(CCNC(=O)c3cc(C(F)(F)F)cc(C(F)(F)F)c3)CC2)cc1. The van der Waals surface area contributed by atoms with Crippen LogP contribution in [0.5, 0.6) is 0 Å². The molecular formula is C22H23F6N3O3S. The fraction of sp³-hybridized carbons (Fsp3) is 0.409. The van der Waals surface area contributed by atoms with E-state index in [1.54, 1.807) is 12.1 Å². The summed E-state index contributed by atoms with van der Waals surface area (Å²) in [6, 6.07) is 7.18. The van der Waals surface area contributed by atoms with E-state index in [1.807, 2.05) is 11.8 Å². The van der Waals surface area contributed by atoms with Gasteiger partial charge >= 0.3 is 12.4 Å². The topological polar surface area (TPSA) is 69.7 Å². The van der Waals surface area contributed by atoms with Gasteiger partial charge in [0.15, 0.2) is 0 Å². The number of nitrogens with one attached hydrogen (secondary N) is 1. The summed E-state index contributed by atoms with van der Waals surface area (Å²) in [4.78, 5) is 14.3. The van der Waals surface area contributed by atoms with Gasteiger partial charge in [0, 0.05) is 44.8 Å². The molecule has 1 saturated heterocycles. The molecule has 0 aromatic heterocycles. The second kappa shape index (κ2) is 10.2. The summed E-state index contributed by atoms with van der Waals surface area (Å²) in [5.74, 6) is -1.07. The molecule has 2 aromatic carbocycles. The Kier molecular flexibility index (Phi) is 7.82. The fourth-order valence-corrected chi connectivity index (χ4v) is 4.99. The molecule has 192 valence electrons. The number of carbonyl (C=O) groups is 1. The number of hydrogen-bond acceptors (Lipinski definition) is 4. The molecule has 1 heterocycles. The van der Waals surface area contributed by atoms with E-state index in [2.05, 4.69) is 5.32 Å². The lowest BCUT2D eigenvalue weighted by Gasteiger charge is -2.34. The van der Waals surface area contributed by atoms with Gasteiger partial charge in [0.25, 0.3) is 5.91 Å². The first-order valence-electron chi connectivity index (χ1n) is 10.5. The number of carbonyl (C=O) groups excluding carboxylic acids is 1. The highest BCUT2D eigenvalue weighted by atomic mass is 32.2. The fourth-order valence-electron chi connectivity index (χ4n) is 3.57. The quantitative estimate of drug-likeness (QED) is 0.586. The van der Waals surface area contributed by atoms with Gasteiger partial charge in [-0.15, -0.1) is 0 Å². The zero-order valence-corrected chi connectivity index (χ0v) is 19.4. The summed E-state index contributed by atoms with van der Waals surface area (Å²) in [6.07, 6.45) is -10.1. The van der Waals surface area contributed by atoms with Crippen molar-refractivity contribution >= 4 is 15.9 Å². The summed E-state index contributed by atoms with van der Waals surface area (Å²) < 4.78 is 105. The molecular weight excluding hydrogens is 500 g/mol. The van der Waals surface area contributed by atoms with E-state index in [0.29, 0.717) is 25.2 Å². The van der Waals surface area contributed by atoms with Crippen LogP contribution in [-0.4, -0.2) is 62.8 Å². The number of aryl methyl sites for hydroxylation is 1. The first-order valence-corrected chi connectivity index (χ1v) is 12.0. The maximum absolute atomic E-state index is 13.0. The van der Waals surface area contributed by atoms with Crippen LogP contribution in [0.1, 0.15) is 27.0 Å². The van der Waals surface area contributed by atoms with Crippen LogP contribution >= 0.6 is 0 Å². The van der Waals surface area contributed by atoms with Crippen LogP contribution < -0.4 is 5.32 Å². The number of rotatable bonds is 6. The number of piperazine rings is 1. The van der Waals surface area contributed by atoms with E-state index < -0.39 is 45.0 Å². The van der Waals surface area contributed by atoms with Gasteiger partial charge in [-0.3, -0.25) is 9.69 Å². The van der Waals surface area contributed by atoms with Crippen molar-refractivity contribution < 1.29 is 39.6 Å². The largest absolute Gasteiger partial charge is 0.416 e. The van der Waals surface area contributed by atoms with Gasteiger partial charge in [0.1, 0.15) is 0 Å². The van der Waals surface area contributed by atoms with Crippen LogP contribution in [0.3, 0.4) is 0 Å². The maximum Gasteiger partial charge on any atom is 0.416 e. The minimum Gasteiger partial charge on any atom is -0.351 e. The van der Waals surface area contributed by atoms with Crippen LogP contribution in [-0.2, 0) is 22.4 Å². The molecule has 6 nitrogen and oxygen atoms in total. The van der Waals surface area contributed by atoms with Gasteiger partial charge in [0.05, 0.1) is 16.0 Å². The molecule has 1 N–H and O–H groups in total. The number of sulfonamides is 1. The summed E-state index contributed by atoms with van der Waals surface area (Å²) in [6.45, 7) is 3.15. The van der Waals surface area contributed by atoms with Crippen molar-refractivity contribution in [1.29, 1.82) is 0 Å². The van der Waals surface area contributed by atoms with Crippen molar-refractivity contribution in [2.75, 3.05) is 39.3 Å². The predicted octanol–water partition coefficient (Wildman–Crippen LogP) is 3.77. The smallest absolute Gasteiger partial charge is 0.351 e. The molecule has 0 spiro atoms. The minimum absolute atomic E-state index is 0.0405. The van der Waals surface area contributed by atoms with Crippen molar-refractivity contribution in [3.05, 3.63) is 64.7 Å². The Hall–Kier alpha value is -2.64. The maximum atomic E-state index is 13.0. The van der Waals surface area contributed by atoms with Gasteiger partial charge in [-0.2, -0.15) is 30.6 Å². The number of benzene rings is 2. The Morgan fingerprint density at radius 3 is 1.89 bits per heavy atom. The molecule has 35 heavy (non-hydrogen) atoms. The Morgan fingerprint density at radius 2 is 1.40 bits per heavy atom. The number of halogens is 6. The average Bonchev–Trinajstić information content (AvgIpc) is 2.78. The number of hydrogen-bond donors (Lipinski definition) is 1. The van der Waals surface area contributed by atoms with Crippen molar-refractivity contribution in [1.82, 2.24) is 14.5 Å². The Bertz CT molecular complexity index is 1120. The van der Waals surface area contributed by atoms with Gasteiger partial charge in [0.2, 0.25) is 10.0 Å². The summed E-state index contributed by atoms with van der Waals surface area (Å²) in [5, 5.41) is 2.33. The number of alkyl halides is 6. The molecule has 0 saturated carbocycles.